The first-order valence-corrected chi connectivity index (χ1v) is 10.0. The Morgan fingerprint density at radius 1 is 1.36 bits per heavy atom. The fourth-order valence-electron chi connectivity index (χ4n) is 2.60. The molecule has 0 saturated carbocycles. The van der Waals surface area contributed by atoms with Crippen molar-refractivity contribution in [1.82, 2.24) is 10.2 Å². The van der Waals surface area contributed by atoms with E-state index in [1.165, 1.54) is 6.07 Å². The second-order valence-electron chi connectivity index (χ2n) is 5.98. The van der Waals surface area contributed by atoms with Gasteiger partial charge in [0.2, 0.25) is 11.0 Å². The monoisotopic (exact) mass is 433 g/mol. The summed E-state index contributed by atoms with van der Waals surface area (Å²) in [6.07, 6.45) is -4.51. The Hall–Kier alpha value is -2.05. The third kappa shape index (κ3) is 5.06. The van der Waals surface area contributed by atoms with Gasteiger partial charge in [0.1, 0.15) is 0 Å². The van der Waals surface area contributed by atoms with Gasteiger partial charge in [-0.2, -0.15) is 13.2 Å². The van der Waals surface area contributed by atoms with Crippen molar-refractivity contribution in [3.63, 3.8) is 0 Å². The molecular weight excluding hydrogens is 415 g/mol. The third-order valence-corrected chi connectivity index (χ3v) is 5.94. The molecule has 7 nitrogen and oxygen atoms in total. The Morgan fingerprint density at radius 2 is 2.07 bits per heavy atom. The smallest absolute Gasteiger partial charge is 0.378 e. The van der Waals surface area contributed by atoms with Crippen LogP contribution in [0.15, 0.2) is 22.5 Å². The first-order valence-electron chi connectivity index (χ1n) is 8.34. The largest absolute Gasteiger partial charge is 0.416 e. The summed E-state index contributed by atoms with van der Waals surface area (Å²) < 4.78 is 45.3. The lowest BCUT2D eigenvalue weighted by Crippen LogP contribution is -2.37. The summed E-state index contributed by atoms with van der Waals surface area (Å²) in [5.41, 5.74) is 5.35. The number of alkyl halides is 3. The van der Waals surface area contributed by atoms with E-state index in [0.29, 0.717) is 36.3 Å². The standard InChI is InChI=1S/C16H18F3N5O2S2/c1-9(27-15-23-22-14(20)28-15)13(25)21-11-8-10(16(17,18)19)2-3-12(11)24-4-6-26-7-5-24/h2-3,8-9H,4-7H2,1H3,(H2,20,22)(H,21,25). The molecule has 0 bridgehead atoms. The van der Waals surface area contributed by atoms with Crippen LogP contribution in [0.5, 0.6) is 0 Å². The van der Waals surface area contributed by atoms with E-state index in [2.05, 4.69) is 15.5 Å². The van der Waals surface area contributed by atoms with Crippen molar-refractivity contribution in [3.8, 4) is 0 Å². The summed E-state index contributed by atoms with van der Waals surface area (Å²) in [5.74, 6) is -0.437. The lowest BCUT2D eigenvalue weighted by atomic mass is 10.1. The number of aromatic nitrogens is 2. The maximum atomic E-state index is 13.2. The van der Waals surface area contributed by atoms with Gasteiger partial charge in [-0.25, -0.2) is 0 Å². The first kappa shape index (κ1) is 20.7. The van der Waals surface area contributed by atoms with Gasteiger partial charge in [-0.3, -0.25) is 4.79 Å². The Morgan fingerprint density at radius 3 is 2.68 bits per heavy atom. The summed E-state index contributed by atoms with van der Waals surface area (Å²) in [4.78, 5) is 14.5. The van der Waals surface area contributed by atoms with Crippen molar-refractivity contribution in [1.29, 1.82) is 0 Å². The molecule has 1 aliphatic heterocycles. The molecule has 0 spiro atoms. The maximum Gasteiger partial charge on any atom is 0.416 e. The number of morpholine rings is 1. The quantitative estimate of drug-likeness (QED) is 0.700. The van der Waals surface area contributed by atoms with Crippen LogP contribution >= 0.6 is 23.1 Å². The molecule has 12 heteroatoms. The molecule has 3 N–H and O–H groups in total. The number of rotatable bonds is 5. The SMILES string of the molecule is CC(Sc1nnc(N)s1)C(=O)Nc1cc(C(F)(F)F)ccc1N1CCOCC1. The molecule has 1 fully saturated rings. The Labute approximate surface area is 167 Å². The van der Waals surface area contributed by atoms with Crippen LogP contribution in [0.4, 0.5) is 29.7 Å². The molecule has 1 atom stereocenters. The Bertz CT molecular complexity index is 840. The number of benzene rings is 1. The number of halogens is 3. The van der Waals surface area contributed by atoms with E-state index >= 15 is 0 Å². The zero-order chi connectivity index (χ0) is 20.3. The summed E-state index contributed by atoms with van der Waals surface area (Å²) in [6, 6.07) is 3.36. The number of carbonyl (C=O) groups is 1. The molecule has 2 heterocycles. The third-order valence-electron chi connectivity index (χ3n) is 4.00. The highest BCUT2D eigenvalue weighted by molar-refractivity contribution is 8.02. The second-order valence-corrected chi connectivity index (χ2v) is 8.58. The zero-order valence-electron chi connectivity index (χ0n) is 14.8. The van der Waals surface area contributed by atoms with E-state index in [0.717, 1.165) is 35.2 Å². The van der Waals surface area contributed by atoms with Crippen LogP contribution in [0.1, 0.15) is 12.5 Å². The van der Waals surface area contributed by atoms with Gasteiger partial charge in [-0.1, -0.05) is 23.1 Å². The fourth-order valence-corrected chi connectivity index (χ4v) is 4.38. The lowest BCUT2D eigenvalue weighted by Gasteiger charge is -2.31. The summed E-state index contributed by atoms with van der Waals surface area (Å²) >= 11 is 2.28. The summed E-state index contributed by atoms with van der Waals surface area (Å²) in [6.45, 7) is 3.64. The minimum atomic E-state index is -4.51. The van der Waals surface area contributed by atoms with Crippen LogP contribution in [0.2, 0.25) is 0 Å². The van der Waals surface area contributed by atoms with Crippen molar-refractivity contribution in [2.45, 2.75) is 22.7 Å². The number of thioether (sulfide) groups is 1. The van der Waals surface area contributed by atoms with Gasteiger partial charge in [0.25, 0.3) is 0 Å². The molecule has 152 valence electrons. The molecule has 1 saturated heterocycles. The lowest BCUT2D eigenvalue weighted by molar-refractivity contribution is -0.137. The average molecular weight is 433 g/mol. The van der Waals surface area contributed by atoms with Gasteiger partial charge in [0.05, 0.1) is 35.4 Å². The van der Waals surface area contributed by atoms with Crippen LogP contribution in [0.25, 0.3) is 0 Å². The number of hydrogen-bond acceptors (Lipinski definition) is 8. The molecule has 1 unspecified atom stereocenters. The van der Waals surface area contributed by atoms with Crippen molar-refractivity contribution < 1.29 is 22.7 Å². The number of nitrogens with one attached hydrogen (secondary N) is 1. The van der Waals surface area contributed by atoms with Gasteiger partial charge >= 0.3 is 6.18 Å². The predicted octanol–water partition coefficient (Wildman–Crippen LogP) is 3.10. The van der Waals surface area contributed by atoms with Gasteiger partial charge in [0, 0.05) is 13.1 Å². The molecule has 1 aliphatic rings. The highest BCUT2D eigenvalue weighted by Gasteiger charge is 2.32. The highest BCUT2D eigenvalue weighted by Crippen LogP contribution is 2.36. The van der Waals surface area contributed by atoms with Crippen molar-refractivity contribution in [2.75, 3.05) is 42.3 Å². The number of nitrogens with zero attached hydrogens (tertiary/aromatic N) is 3. The Balaban J connectivity index is 1.81. The van der Waals surface area contributed by atoms with Crippen molar-refractivity contribution in [2.24, 2.45) is 0 Å². The normalized spacial score (nSPS) is 16.1. The molecule has 1 aromatic carbocycles. The number of nitrogen functional groups attached to an aromatic ring is 1. The fraction of sp³-hybridized carbons (Fsp3) is 0.438. The van der Waals surface area contributed by atoms with E-state index in [-0.39, 0.29) is 10.8 Å². The molecule has 2 aromatic rings. The molecule has 1 aromatic heterocycles. The minimum absolute atomic E-state index is 0.117. The van der Waals surface area contributed by atoms with Gasteiger partial charge in [-0.05, 0) is 25.1 Å². The number of ether oxygens (including phenoxy) is 1. The van der Waals surface area contributed by atoms with Crippen LogP contribution in [-0.4, -0.2) is 47.7 Å². The van der Waals surface area contributed by atoms with E-state index < -0.39 is 22.9 Å². The number of anilines is 3. The van der Waals surface area contributed by atoms with E-state index in [4.69, 9.17) is 10.5 Å². The van der Waals surface area contributed by atoms with Crippen molar-refractivity contribution >= 4 is 45.5 Å². The van der Waals surface area contributed by atoms with E-state index in [1.54, 1.807) is 6.92 Å². The number of hydrogen-bond donors (Lipinski definition) is 2. The molecule has 3 rings (SSSR count). The number of amides is 1. The van der Waals surface area contributed by atoms with Gasteiger partial charge in [0.15, 0.2) is 4.34 Å². The minimum Gasteiger partial charge on any atom is -0.378 e. The zero-order valence-corrected chi connectivity index (χ0v) is 16.5. The van der Waals surface area contributed by atoms with E-state index in [9.17, 15) is 18.0 Å². The Kier molecular flexibility index (Phi) is 6.30. The van der Waals surface area contributed by atoms with Crippen LogP contribution in [0, 0.1) is 0 Å². The maximum absolute atomic E-state index is 13.2. The summed E-state index contributed by atoms with van der Waals surface area (Å²) in [5, 5.41) is 9.83. The molecular formula is C16H18F3N5O2S2. The summed E-state index contributed by atoms with van der Waals surface area (Å²) in [7, 11) is 0. The molecule has 28 heavy (non-hydrogen) atoms. The molecule has 1 amide bonds. The van der Waals surface area contributed by atoms with Crippen LogP contribution in [-0.2, 0) is 15.7 Å². The number of carbonyl (C=O) groups excluding carboxylic acids is 1. The van der Waals surface area contributed by atoms with E-state index in [1.807, 2.05) is 4.90 Å². The van der Waals surface area contributed by atoms with Crippen LogP contribution in [0.3, 0.4) is 0 Å². The van der Waals surface area contributed by atoms with Crippen LogP contribution < -0.4 is 16.0 Å². The molecule has 0 aliphatic carbocycles. The topological polar surface area (TPSA) is 93.4 Å². The predicted molar refractivity (Wildman–Crippen MR) is 103 cm³/mol. The second kappa shape index (κ2) is 8.53. The number of nitrogens with two attached hydrogens (primary N) is 1. The highest BCUT2D eigenvalue weighted by atomic mass is 32.2. The molecule has 0 radical (unpaired) electrons. The van der Waals surface area contributed by atoms with Crippen molar-refractivity contribution in [3.05, 3.63) is 23.8 Å². The average Bonchev–Trinajstić information content (AvgIpc) is 3.06. The first-order chi connectivity index (χ1) is 13.2. The van der Waals surface area contributed by atoms with Gasteiger partial charge < -0.3 is 20.7 Å². The van der Waals surface area contributed by atoms with Gasteiger partial charge in [-0.15, -0.1) is 10.2 Å².